The molecule has 3 rings (SSSR count). The lowest BCUT2D eigenvalue weighted by molar-refractivity contribution is 0.0820. The molecule has 2 aromatic rings. The second-order valence-corrected chi connectivity index (χ2v) is 23.2. The maximum atomic E-state index is 12.4. The summed E-state index contributed by atoms with van der Waals surface area (Å²) < 4.78 is 19.3. The molecule has 0 saturated heterocycles. The first-order chi connectivity index (χ1) is 17.5. The molecule has 2 aromatic carbocycles. The number of hydrogen-bond acceptors (Lipinski definition) is 4. The van der Waals surface area contributed by atoms with Crippen LogP contribution in [0.15, 0.2) is 48.5 Å². The minimum absolute atomic E-state index is 0.0686. The highest BCUT2D eigenvalue weighted by Crippen LogP contribution is 2.45. The Morgan fingerprint density at radius 2 is 1.34 bits per heavy atom. The van der Waals surface area contributed by atoms with E-state index in [9.17, 15) is 4.79 Å². The van der Waals surface area contributed by atoms with Crippen molar-refractivity contribution in [1.82, 2.24) is 0 Å². The number of para-hydroxylation sites is 1. The molecular formula is C31H49NO4Si2. The first kappa shape index (κ1) is 30.3. The third-order valence-corrected chi connectivity index (χ3v) is 17.4. The van der Waals surface area contributed by atoms with Gasteiger partial charge in [0.15, 0.2) is 0 Å². The van der Waals surface area contributed by atoms with Gasteiger partial charge in [0.2, 0.25) is 16.6 Å². The summed E-state index contributed by atoms with van der Waals surface area (Å²) in [6.07, 6.45) is 3.15. The molecule has 38 heavy (non-hydrogen) atoms. The molecule has 1 amide bonds. The number of rotatable bonds is 7. The third kappa shape index (κ3) is 7.66. The first-order valence-corrected chi connectivity index (χ1v) is 19.8. The van der Waals surface area contributed by atoms with Crippen molar-refractivity contribution in [2.24, 2.45) is 0 Å². The minimum atomic E-state index is -2.05. The second kappa shape index (κ2) is 11.5. The van der Waals surface area contributed by atoms with E-state index in [0.717, 1.165) is 42.9 Å². The average molecular weight is 556 g/mol. The fourth-order valence-electron chi connectivity index (χ4n) is 4.19. The quantitative estimate of drug-likeness (QED) is 0.345. The number of nitrogens with one attached hydrogen (secondary N) is 1. The lowest BCUT2D eigenvalue weighted by Crippen LogP contribution is -2.44. The molecule has 1 fully saturated rings. The van der Waals surface area contributed by atoms with Gasteiger partial charge in [-0.2, -0.15) is 0 Å². The molecule has 0 atom stereocenters. The lowest BCUT2D eigenvalue weighted by atomic mass is 9.82. The van der Waals surface area contributed by atoms with Crippen LogP contribution in [-0.4, -0.2) is 28.8 Å². The zero-order valence-electron chi connectivity index (χ0n) is 25.2. The minimum Gasteiger partial charge on any atom is -0.543 e. The summed E-state index contributed by atoms with van der Waals surface area (Å²) in [5.41, 5.74) is 2.00. The van der Waals surface area contributed by atoms with Crippen LogP contribution in [-0.2, 0) is 4.74 Å². The molecule has 0 spiro atoms. The van der Waals surface area contributed by atoms with E-state index in [2.05, 4.69) is 91.2 Å². The Hall–Kier alpha value is -2.26. The van der Waals surface area contributed by atoms with E-state index in [0.29, 0.717) is 5.92 Å². The van der Waals surface area contributed by atoms with Gasteiger partial charge in [0.1, 0.15) is 17.6 Å². The summed E-state index contributed by atoms with van der Waals surface area (Å²) in [7, 11) is -4.03. The molecule has 0 heterocycles. The van der Waals surface area contributed by atoms with Crippen LogP contribution in [0.5, 0.6) is 11.5 Å². The summed E-state index contributed by atoms with van der Waals surface area (Å²) in [4.78, 5) is 12.4. The number of hydrogen-bond donors (Lipinski definition) is 1. The van der Waals surface area contributed by atoms with Crippen molar-refractivity contribution >= 4 is 28.4 Å². The second-order valence-electron chi connectivity index (χ2n) is 13.8. The monoisotopic (exact) mass is 555 g/mol. The number of carbonyl (C=O) groups excluding carboxylic acids is 1. The van der Waals surface area contributed by atoms with Gasteiger partial charge in [-0.3, -0.25) is 5.32 Å². The Morgan fingerprint density at radius 1 is 0.789 bits per heavy atom. The van der Waals surface area contributed by atoms with Gasteiger partial charge in [0.05, 0.1) is 0 Å². The Balaban J connectivity index is 1.76. The molecule has 7 heteroatoms. The van der Waals surface area contributed by atoms with E-state index in [-0.39, 0.29) is 22.3 Å². The van der Waals surface area contributed by atoms with Crippen molar-refractivity contribution in [3.8, 4) is 11.5 Å². The number of amides is 1. The van der Waals surface area contributed by atoms with Crippen molar-refractivity contribution in [3.63, 3.8) is 0 Å². The van der Waals surface area contributed by atoms with Crippen molar-refractivity contribution in [3.05, 3.63) is 54.1 Å². The van der Waals surface area contributed by atoms with Gasteiger partial charge in [-0.1, -0.05) is 65.8 Å². The predicted octanol–water partition coefficient (Wildman–Crippen LogP) is 9.73. The van der Waals surface area contributed by atoms with Crippen molar-refractivity contribution in [2.75, 3.05) is 5.32 Å². The Bertz CT molecular complexity index is 1080. The maximum absolute atomic E-state index is 12.4. The summed E-state index contributed by atoms with van der Waals surface area (Å²) in [5, 5.41) is 3.05. The predicted molar refractivity (Wildman–Crippen MR) is 164 cm³/mol. The highest BCUT2D eigenvalue weighted by molar-refractivity contribution is 6.75. The third-order valence-electron chi connectivity index (χ3n) is 8.74. The molecule has 0 unspecified atom stereocenters. The molecule has 5 nitrogen and oxygen atoms in total. The molecule has 0 bridgehead atoms. The molecule has 1 N–H and O–H groups in total. The van der Waals surface area contributed by atoms with Crippen LogP contribution in [0.1, 0.15) is 78.7 Å². The van der Waals surface area contributed by atoms with E-state index in [1.807, 2.05) is 30.3 Å². The molecule has 1 saturated carbocycles. The van der Waals surface area contributed by atoms with Crippen molar-refractivity contribution in [1.29, 1.82) is 0 Å². The fraction of sp³-hybridized carbons (Fsp3) is 0.581. The average Bonchev–Trinajstić information content (AvgIpc) is 2.78. The smallest absolute Gasteiger partial charge is 0.411 e. The van der Waals surface area contributed by atoms with Crippen LogP contribution in [0.2, 0.25) is 36.3 Å². The van der Waals surface area contributed by atoms with Gasteiger partial charge in [0.25, 0.3) is 0 Å². The normalized spacial score (nSPS) is 19.0. The Kier molecular flexibility index (Phi) is 9.14. The van der Waals surface area contributed by atoms with Gasteiger partial charge in [-0.15, -0.1) is 0 Å². The van der Waals surface area contributed by atoms with Crippen LogP contribution in [0.25, 0.3) is 0 Å². The van der Waals surface area contributed by atoms with E-state index in [4.69, 9.17) is 13.6 Å². The van der Waals surface area contributed by atoms with E-state index in [1.165, 1.54) is 5.56 Å². The lowest BCUT2D eigenvalue weighted by Gasteiger charge is -2.39. The zero-order chi connectivity index (χ0) is 28.4. The number of benzene rings is 2. The number of anilines is 1. The largest absolute Gasteiger partial charge is 0.543 e. The highest BCUT2D eigenvalue weighted by Gasteiger charge is 2.41. The number of ether oxygens (including phenoxy) is 1. The first-order valence-electron chi connectivity index (χ1n) is 14.0. The van der Waals surface area contributed by atoms with Crippen LogP contribution in [0, 0.1) is 0 Å². The zero-order valence-corrected chi connectivity index (χ0v) is 27.2. The van der Waals surface area contributed by atoms with E-state index in [1.54, 1.807) is 0 Å². The van der Waals surface area contributed by atoms with Gasteiger partial charge < -0.3 is 13.6 Å². The van der Waals surface area contributed by atoms with Crippen LogP contribution < -0.4 is 14.2 Å². The maximum Gasteiger partial charge on any atom is 0.411 e. The van der Waals surface area contributed by atoms with E-state index < -0.39 is 16.6 Å². The fourth-order valence-corrected chi connectivity index (χ4v) is 6.25. The summed E-state index contributed by atoms with van der Waals surface area (Å²) in [5.74, 6) is 2.25. The SMILES string of the molecule is CC(C)(C)[Si](C)(C)Oc1ccc([C@H]2CC[C@H](OC(=O)Nc3ccccc3)CC2)c(O[Si](C)(C)C(C)(C)C)c1. The Morgan fingerprint density at radius 3 is 1.89 bits per heavy atom. The summed E-state index contributed by atoms with van der Waals surface area (Å²) in [6, 6.07) is 15.9. The molecule has 1 aliphatic rings. The molecule has 1 aliphatic carbocycles. The topological polar surface area (TPSA) is 56.8 Å². The van der Waals surface area contributed by atoms with Gasteiger partial charge >= 0.3 is 6.09 Å². The molecule has 0 aromatic heterocycles. The molecule has 0 aliphatic heterocycles. The molecular weight excluding hydrogens is 507 g/mol. The van der Waals surface area contributed by atoms with Crippen LogP contribution in [0.4, 0.5) is 10.5 Å². The van der Waals surface area contributed by atoms with Crippen molar-refractivity contribution < 1.29 is 18.4 Å². The Labute approximate surface area is 232 Å². The summed E-state index contributed by atoms with van der Waals surface area (Å²) >= 11 is 0. The van der Waals surface area contributed by atoms with Gasteiger partial charge in [-0.05, 0) is 91.6 Å². The van der Waals surface area contributed by atoms with Crippen LogP contribution in [0.3, 0.4) is 0 Å². The standard InChI is InChI=1S/C31H49NO4Si2/c1-30(2,3)37(7,8)35-26-20-21-27(28(22-26)36-38(9,10)31(4,5)6)23-16-18-25(19-17-23)34-29(33)32-24-14-12-11-13-15-24/h11-15,20-23,25H,16-19H2,1-10H3,(H,32,33)/t23-,25-. The van der Waals surface area contributed by atoms with Gasteiger partial charge in [-0.25, -0.2) is 4.79 Å². The number of carbonyl (C=O) groups is 1. The molecule has 210 valence electrons. The molecule has 0 radical (unpaired) electrons. The van der Waals surface area contributed by atoms with Crippen LogP contribution >= 0.6 is 0 Å². The van der Waals surface area contributed by atoms with Gasteiger partial charge in [0, 0.05) is 11.8 Å². The summed E-state index contributed by atoms with van der Waals surface area (Å²) in [6.45, 7) is 22.8. The highest BCUT2D eigenvalue weighted by atomic mass is 28.4. The van der Waals surface area contributed by atoms with Crippen molar-refractivity contribution in [2.45, 2.75) is 116 Å². The van der Waals surface area contributed by atoms with E-state index >= 15 is 0 Å².